The molecule has 1 aromatic heterocycles. The molecule has 0 radical (unpaired) electrons. The van der Waals surface area contributed by atoms with Crippen molar-refractivity contribution in [3.8, 4) is 0 Å². The lowest BCUT2D eigenvalue weighted by molar-refractivity contribution is 0.0869. The van der Waals surface area contributed by atoms with Gasteiger partial charge in [0.2, 0.25) is 5.91 Å². The van der Waals surface area contributed by atoms with Crippen molar-refractivity contribution < 1.29 is 9.59 Å². The van der Waals surface area contributed by atoms with Crippen LogP contribution in [0, 0.1) is 5.92 Å². The number of carbonyl (C=O) groups excluding carboxylic acids is 2. The molecule has 0 unspecified atom stereocenters. The maximum atomic E-state index is 12.1. The zero-order chi connectivity index (χ0) is 12.2. The van der Waals surface area contributed by atoms with Gasteiger partial charge in [-0.1, -0.05) is 31.9 Å². The van der Waals surface area contributed by atoms with Gasteiger partial charge >= 0.3 is 0 Å². The molecule has 0 atom stereocenters. The Morgan fingerprint density at radius 3 is 2.82 bits per heavy atom. The van der Waals surface area contributed by atoms with Crippen LogP contribution in [0.25, 0.3) is 0 Å². The first-order valence-corrected chi connectivity index (χ1v) is 7.13. The topological polar surface area (TPSA) is 52.0 Å². The van der Waals surface area contributed by atoms with Gasteiger partial charge in [-0.25, -0.2) is 4.68 Å². The quantitative estimate of drug-likeness (QED) is 0.722. The van der Waals surface area contributed by atoms with Crippen LogP contribution < -0.4 is 0 Å². The van der Waals surface area contributed by atoms with Crippen molar-refractivity contribution in [1.82, 2.24) is 9.78 Å². The van der Waals surface area contributed by atoms with Crippen LogP contribution in [0.1, 0.15) is 40.1 Å². The molecule has 0 amide bonds. The number of aromatic nitrogens is 2. The van der Waals surface area contributed by atoms with Crippen molar-refractivity contribution >= 4 is 43.6 Å². The highest BCUT2D eigenvalue weighted by Gasteiger charge is 2.41. The summed E-state index contributed by atoms with van der Waals surface area (Å²) in [6, 6.07) is 0. The summed E-state index contributed by atoms with van der Waals surface area (Å²) in [6.45, 7) is 0. The van der Waals surface area contributed by atoms with Crippen LogP contribution in [-0.2, 0) is 6.42 Å². The van der Waals surface area contributed by atoms with Crippen molar-refractivity contribution in [3.63, 3.8) is 0 Å². The lowest BCUT2D eigenvalue weighted by Gasteiger charge is -2.22. The molecule has 1 saturated carbocycles. The number of nitrogens with zero attached hydrogens (tertiary/aromatic N) is 2. The van der Waals surface area contributed by atoms with Gasteiger partial charge in [0.05, 0.1) is 11.3 Å². The monoisotopic (exact) mass is 360 g/mol. The predicted molar refractivity (Wildman–Crippen MR) is 68.8 cm³/mol. The summed E-state index contributed by atoms with van der Waals surface area (Å²) >= 11 is 6.72. The van der Waals surface area contributed by atoms with Crippen LogP contribution in [0.5, 0.6) is 0 Å². The Hall–Kier alpha value is -0.490. The summed E-state index contributed by atoms with van der Waals surface area (Å²) in [7, 11) is 0. The number of ketones is 1. The molecule has 17 heavy (non-hydrogen) atoms. The molecule has 1 heterocycles. The molecule has 0 aliphatic heterocycles. The number of rotatable bonds is 1. The van der Waals surface area contributed by atoms with Gasteiger partial charge in [-0.2, -0.15) is 5.10 Å². The van der Waals surface area contributed by atoms with E-state index >= 15 is 0 Å². The van der Waals surface area contributed by atoms with Crippen LogP contribution in [0.15, 0.2) is 6.20 Å². The number of alkyl halides is 2. The van der Waals surface area contributed by atoms with Crippen molar-refractivity contribution in [1.29, 1.82) is 0 Å². The molecule has 0 saturated heterocycles. The number of hydrogen-bond acceptors (Lipinski definition) is 3. The Balaban J connectivity index is 1.98. The van der Waals surface area contributed by atoms with Gasteiger partial charge in [0.25, 0.3) is 0 Å². The van der Waals surface area contributed by atoms with Crippen molar-refractivity contribution in [3.05, 3.63) is 17.5 Å². The minimum absolute atomic E-state index is 0.0157. The molecule has 6 heteroatoms. The van der Waals surface area contributed by atoms with Gasteiger partial charge in [0.1, 0.15) is 3.23 Å². The predicted octanol–water partition coefficient (Wildman–Crippen LogP) is 2.55. The SMILES string of the molecule is O=C(C1CC1)n1cc2c(n1)CCC(Br)(Br)C2=O. The molecule has 0 spiro atoms. The standard InChI is InChI=1S/C11H10Br2N2O2/c12-11(13)4-3-8-7(9(11)16)5-15(14-8)10(17)6-1-2-6/h5-6H,1-4H2. The lowest BCUT2D eigenvalue weighted by atomic mass is 9.97. The highest BCUT2D eigenvalue weighted by atomic mass is 79.9. The third-order valence-corrected chi connectivity index (χ3v) is 4.71. The highest BCUT2D eigenvalue weighted by molar-refractivity contribution is 9.26. The minimum Gasteiger partial charge on any atom is -0.291 e. The summed E-state index contributed by atoms with van der Waals surface area (Å²) in [5.74, 6) is 0.0831. The van der Waals surface area contributed by atoms with Gasteiger partial charge in [-0.05, 0) is 25.7 Å². The third kappa shape index (κ3) is 1.91. The van der Waals surface area contributed by atoms with E-state index in [1.807, 2.05) is 0 Å². The van der Waals surface area contributed by atoms with Crippen LogP contribution in [0.4, 0.5) is 0 Å². The second-order valence-electron chi connectivity index (χ2n) is 4.58. The fraction of sp³-hybridized carbons (Fsp3) is 0.545. The maximum absolute atomic E-state index is 12.1. The number of fused-ring (bicyclic) bond motifs is 1. The van der Waals surface area contributed by atoms with Gasteiger partial charge in [0, 0.05) is 12.1 Å². The first-order valence-electron chi connectivity index (χ1n) is 5.54. The smallest absolute Gasteiger partial charge is 0.249 e. The molecule has 1 aromatic rings. The number of Topliss-reactive ketones (excluding diaryl/α,β-unsaturated/α-hetero) is 1. The average molecular weight is 362 g/mol. The van der Waals surface area contributed by atoms with E-state index < -0.39 is 3.23 Å². The molecule has 0 aromatic carbocycles. The van der Waals surface area contributed by atoms with Gasteiger partial charge < -0.3 is 0 Å². The van der Waals surface area contributed by atoms with E-state index in [1.54, 1.807) is 6.20 Å². The van der Waals surface area contributed by atoms with Gasteiger partial charge in [-0.3, -0.25) is 9.59 Å². The Bertz CT molecular complexity index is 518. The molecule has 3 rings (SSSR count). The highest BCUT2D eigenvalue weighted by Crippen LogP contribution is 2.40. The largest absolute Gasteiger partial charge is 0.291 e. The van der Waals surface area contributed by atoms with Crippen LogP contribution in [-0.4, -0.2) is 24.7 Å². The Labute approximate surface area is 115 Å². The summed E-state index contributed by atoms with van der Waals surface area (Å²) < 4.78 is 0.658. The van der Waals surface area contributed by atoms with Crippen molar-refractivity contribution in [2.24, 2.45) is 5.92 Å². The number of hydrogen-bond donors (Lipinski definition) is 0. The van der Waals surface area contributed by atoms with Crippen LogP contribution in [0.2, 0.25) is 0 Å². The van der Waals surface area contributed by atoms with E-state index in [4.69, 9.17) is 0 Å². The number of halogens is 2. The first kappa shape index (κ1) is 11.6. The fourth-order valence-corrected chi connectivity index (χ4v) is 2.82. The summed E-state index contributed by atoms with van der Waals surface area (Å²) in [5, 5.41) is 4.23. The number of carbonyl (C=O) groups is 2. The zero-order valence-electron chi connectivity index (χ0n) is 8.95. The van der Waals surface area contributed by atoms with Crippen molar-refractivity contribution in [2.45, 2.75) is 28.9 Å². The minimum atomic E-state index is -0.691. The molecule has 4 nitrogen and oxygen atoms in total. The van der Waals surface area contributed by atoms with Gasteiger partial charge in [0.15, 0.2) is 5.78 Å². The average Bonchev–Trinajstić information content (AvgIpc) is 3.03. The van der Waals surface area contributed by atoms with E-state index in [1.165, 1.54) is 4.68 Å². The van der Waals surface area contributed by atoms with E-state index in [9.17, 15) is 9.59 Å². The maximum Gasteiger partial charge on any atom is 0.249 e. The molecular weight excluding hydrogens is 352 g/mol. The van der Waals surface area contributed by atoms with Crippen LogP contribution in [0.3, 0.4) is 0 Å². The molecule has 90 valence electrons. The molecule has 2 aliphatic rings. The molecular formula is C11H10Br2N2O2. The first-order chi connectivity index (χ1) is 7.99. The van der Waals surface area contributed by atoms with E-state index in [0.29, 0.717) is 18.4 Å². The van der Waals surface area contributed by atoms with E-state index in [0.717, 1.165) is 18.5 Å². The second-order valence-corrected chi connectivity index (χ2v) is 8.35. The summed E-state index contributed by atoms with van der Waals surface area (Å²) in [5.41, 5.74) is 1.29. The summed E-state index contributed by atoms with van der Waals surface area (Å²) in [6.07, 6.45) is 4.81. The van der Waals surface area contributed by atoms with E-state index in [-0.39, 0.29) is 17.6 Å². The number of aryl methyl sites for hydroxylation is 1. The fourth-order valence-electron chi connectivity index (χ4n) is 2.00. The Morgan fingerprint density at radius 1 is 1.47 bits per heavy atom. The van der Waals surface area contributed by atoms with Crippen molar-refractivity contribution in [2.75, 3.05) is 0 Å². The Morgan fingerprint density at radius 2 is 2.18 bits per heavy atom. The third-order valence-electron chi connectivity index (χ3n) is 3.20. The van der Waals surface area contributed by atoms with Crippen LogP contribution >= 0.6 is 31.9 Å². The molecule has 0 bridgehead atoms. The van der Waals surface area contributed by atoms with E-state index in [2.05, 4.69) is 37.0 Å². The zero-order valence-corrected chi connectivity index (χ0v) is 12.1. The van der Waals surface area contributed by atoms with Gasteiger partial charge in [-0.15, -0.1) is 0 Å². The molecule has 0 N–H and O–H groups in total. The Kier molecular flexibility index (Phi) is 2.56. The summed E-state index contributed by atoms with van der Waals surface area (Å²) in [4.78, 5) is 24.0. The molecule has 2 aliphatic carbocycles. The second kappa shape index (κ2) is 3.75. The molecule has 1 fully saturated rings. The normalized spacial score (nSPS) is 22.4. The lowest BCUT2D eigenvalue weighted by Crippen LogP contribution is -2.30.